The second-order valence-electron chi connectivity index (χ2n) is 17.4. The van der Waals surface area contributed by atoms with Gasteiger partial charge in [0.15, 0.2) is 0 Å². The predicted molar refractivity (Wildman–Crippen MR) is 225 cm³/mol. The summed E-state index contributed by atoms with van der Waals surface area (Å²) in [5.74, 6) is -2.49. The number of carbonyl (C=O) groups is 6. The molecular formula is C40H78N8O12. The van der Waals surface area contributed by atoms with Crippen LogP contribution in [0.2, 0.25) is 0 Å². The zero-order chi connectivity index (χ0) is 46.2. The van der Waals surface area contributed by atoms with Gasteiger partial charge in [0, 0.05) is 18.0 Å². The van der Waals surface area contributed by atoms with Crippen molar-refractivity contribution < 1.29 is 57.2 Å². The molecule has 0 aliphatic carbocycles. The maximum Gasteiger partial charge on any atom is 0.408 e. The van der Waals surface area contributed by atoms with Crippen LogP contribution in [0.5, 0.6) is 0 Å². The number of amides is 4. The third-order valence-electron chi connectivity index (χ3n) is 9.25. The van der Waals surface area contributed by atoms with E-state index in [1.807, 2.05) is 0 Å². The molecule has 0 heterocycles. The first-order chi connectivity index (χ1) is 27.9. The zero-order valence-corrected chi connectivity index (χ0v) is 37.8. The maximum atomic E-state index is 13.8. The van der Waals surface area contributed by atoms with Crippen molar-refractivity contribution in [3.8, 4) is 0 Å². The Morgan fingerprint density at radius 1 is 0.583 bits per heavy atom. The second-order valence-corrected chi connectivity index (χ2v) is 17.4. The Balaban J connectivity index is 5.74. The van der Waals surface area contributed by atoms with E-state index in [0.717, 1.165) is 0 Å². The Bertz CT molecular complexity index is 1330. The third-order valence-corrected chi connectivity index (χ3v) is 9.25. The molecule has 20 heteroatoms. The largest absolute Gasteiger partial charge is 0.464 e. The number of rotatable bonds is 30. The fourth-order valence-electron chi connectivity index (χ4n) is 6.16. The molecule has 0 aliphatic heterocycles. The van der Waals surface area contributed by atoms with Gasteiger partial charge >= 0.3 is 30.2 Å². The van der Waals surface area contributed by atoms with Gasteiger partial charge in [-0.15, -0.1) is 0 Å². The first kappa shape index (κ1) is 56.0. The van der Waals surface area contributed by atoms with E-state index in [9.17, 15) is 28.8 Å². The van der Waals surface area contributed by atoms with Crippen LogP contribution in [-0.4, -0.2) is 130 Å². The molecule has 0 saturated carbocycles. The van der Waals surface area contributed by atoms with Crippen LogP contribution in [0.25, 0.3) is 0 Å². The monoisotopic (exact) mass is 863 g/mol. The van der Waals surface area contributed by atoms with E-state index < -0.39 is 82.3 Å². The molecular weight excluding hydrogens is 784 g/mol. The number of carbonyl (C=O) groups excluding carboxylic acids is 6. The Morgan fingerprint density at radius 2 is 1.07 bits per heavy atom. The molecule has 0 spiro atoms. The summed E-state index contributed by atoms with van der Waals surface area (Å²) in [5.41, 5.74) is 17.6. The normalized spacial score (nSPS) is 14.1. The van der Waals surface area contributed by atoms with E-state index in [0.29, 0.717) is 51.9 Å². The van der Waals surface area contributed by atoms with E-state index in [1.54, 1.807) is 55.4 Å². The summed E-state index contributed by atoms with van der Waals surface area (Å²) >= 11 is 0. The highest BCUT2D eigenvalue weighted by Gasteiger charge is 2.44. The quantitative estimate of drug-likeness (QED) is 0.0291. The van der Waals surface area contributed by atoms with Crippen LogP contribution in [0, 0.1) is 11.3 Å². The minimum atomic E-state index is -1.47. The molecule has 0 aromatic heterocycles. The van der Waals surface area contributed by atoms with Crippen LogP contribution >= 0.6 is 0 Å². The van der Waals surface area contributed by atoms with Gasteiger partial charge in [-0.05, 0) is 125 Å². The van der Waals surface area contributed by atoms with E-state index in [4.69, 9.17) is 51.4 Å². The summed E-state index contributed by atoms with van der Waals surface area (Å²) < 4.78 is 32.9. The molecule has 0 aliphatic rings. The average Bonchev–Trinajstić information content (AvgIpc) is 3.11. The Labute approximate surface area is 356 Å². The summed E-state index contributed by atoms with van der Waals surface area (Å²) in [7, 11) is 0. The summed E-state index contributed by atoms with van der Waals surface area (Å²) in [6.45, 7) is 18.6. The SMILES string of the molecule is CC(CC(C)C(NC(=O)OC(C)(C)CCOC(C)(C)C(=O)NC(C(=O)OCCCN)C(C)(C)CC(C)(C)NC(=O)OCCCN)C(=O)OCCCN)NC(=O)OCCCN. The lowest BCUT2D eigenvalue weighted by molar-refractivity contribution is -0.157. The minimum Gasteiger partial charge on any atom is -0.464 e. The Hall–Kier alpha value is -3.98. The smallest absolute Gasteiger partial charge is 0.408 e. The van der Waals surface area contributed by atoms with Crippen molar-refractivity contribution >= 4 is 36.1 Å². The van der Waals surface area contributed by atoms with Gasteiger partial charge in [-0.1, -0.05) is 20.8 Å². The molecule has 4 amide bonds. The third kappa shape index (κ3) is 23.7. The maximum absolute atomic E-state index is 13.8. The zero-order valence-electron chi connectivity index (χ0n) is 37.8. The number of alkyl carbamates (subject to hydrolysis) is 3. The number of nitrogens with one attached hydrogen (secondary N) is 4. The fourth-order valence-corrected chi connectivity index (χ4v) is 6.16. The van der Waals surface area contributed by atoms with Gasteiger partial charge in [-0.2, -0.15) is 0 Å². The summed E-state index contributed by atoms with van der Waals surface area (Å²) in [4.78, 5) is 78.2. The molecule has 4 atom stereocenters. The highest BCUT2D eigenvalue weighted by Crippen LogP contribution is 2.33. The number of ether oxygens (including phenoxy) is 6. The molecule has 0 saturated heterocycles. The van der Waals surface area contributed by atoms with Gasteiger partial charge in [0.25, 0.3) is 5.91 Å². The Kier molecular flexibility index (Phi) is 25.9. The van der Waals surface area contributed by atoms with Crippen LogP contribution in [0.15, 0.2) is 0 Å². The van der Waals surface area contributed by atoms with E-state index in [-0.39, 0.29) is 52.3 Å². The first-order valence-electron chi connectivity index (χ1n) is 20.8. The molecule has 350 valence electrons. The highest BCUT2D eigenvalue weighted by molar-refractivity contribution is 5.89. The fraction of sp³-hybridized carbons (Fsp3) is 0.850. The van der Waals surface area contributed by atoms with Crippen molar-refractivity contribution in [3.63, 3.8) is 0 Å². The summed E-state index contributed by atoms with van der Waals surface area (Å²) in [6.07, 6.45) is 0.332. The van der Waals surface area contributed by atoms with Gasteiger partial charge in [-0.25, -0.2) is 24.0 Å². The van der Waals surface area contributed by atoms with Gasteiger partial charge < -0.3 is 72.6 Å². The van der Waals surface area contributed by atoms with Gasteiger partial charge in [0.2, 0.25) is 0 Å². The lowest BCUT2D eigenvalue weighted by atomic mass is 9.74. The lowest BCUT2D eigenvalue weighted by Gasteiger charge is -2.40. The van der Waals surface area contributed by atoms with E-state index in [2.05, 4.69) is 21.3 Å². The summed E-state index contributed by atoms with van der Waals surface area (Å²) in [6, 6.07) is -2.71. The second kappa shape index (κ2) is 27.8. The minimum absolute atomic E-state index is 0.0489. The van der Waals surface area contributed by atoms with Crippen LogP contribution in [0.3, 0.4) is 0 Å². The molecule has 0 radical (unpaired) electrons. The molecule has 0 bridgehead atoms. The summed E-state index contributed by atoms with van der Waals surface area (Å²) in [5, 5.41) is 10.9. The van der Waals surface area contributed by atoms with E-state index in [1.165, 1.54) is 13.8 Å². The molecule has 20 nitrogen and oxygen atoms in total. The molecule has 0 aromatic carbocycles. The number of esters is 2. The van der Waals surface area contributed by atoms with Crippen molar-refractivity contribution in [3.05, 3.63) is 0 Å². The van der Waals surface area contributed by atoms with Crippen LogP contribution < -0.4 is 44.2 Å². The van der Waals surface area contributed by atoms with Crippen LogP contribution in [0.1, 0.15) is 114 Å². The van der Waals surface area contributed by atoms with Crippen molar-refractivity contribution in [1.29, 1.82) is 0 Å². The number of hydrogen-bond acceptors (Lipinski definition) is 16. The van der Waals surface area contributed by atoms with Gasteiger partial charge in [0.1, 0.15) is 23.3 Å². The van der Waals surface area contributed by atoms with Crippen molar-refractivity contribution in [1.82, 2.24) is 21.3 Å². The topological polar surface area (TPSA) is 310 Å². The van der Waals surface area contributed by atoms with Crippen molar-refractivity contribution in [2.24, 2.45) is 34.3 Å². The van der Waals surface area contributed by atoms with Crippen molar-refractivity contribution in [2.45, 2.75) is 149 Å². The molecule has 12 N–H and O–H groups in total. The van der Waals surface area contributed by atoms with E-state index >= 15 is 0 Å². The Morgan fingerprint density at radius 3 is 1.58 bits per heavy atom. The first-order valence-corrected chi connectivity index (χ1v) is 20.8. The van der Waals surface area contributed by atoms with Crippen LogP contribution in [0.4, 0.5) is 14.4 Å². The average molecular weight is 863 g/mol. The number of hydrogen-bond donors (Lipinski definition) is 8. The molecule has 0 rings (SSSR count). The standard InChI is InChI=1S/C40H78N8O12/c1-27(25-28(2)45-34(52)57-22-13-18-43)29(31(49)55-20-11-16-41)46-35(53)60-39(7,8)15-24-59-40(9,10)33(51)47-30(32(50)56-21-12-17-42)37(3,4)26-38(5,6)48-36(54)58-23-14-19-44/h27-30H,11-26,41-44H2,1-10H3,(H,45,52)(H,46,53)(H,47,51)(H,48,54). The molecule has 0 aromatic rings. The molecule has 0 fully saturated rings. The lowest BCUT2D eigenvalue weighted by Crippen LogP contribution is -2.59. The predicted octanol–water partition coefficient (Wildman–Crippen LogP) is 2.07. The van der Waals surface area contributed by atoms with Crippen LogP contribution in [-0.2, 0) is 42.8 Å². The highest BCUT2D eigenvalue weighted by atomic mass is 16.6. The van der Waals surface area contributed by atoms with Gasteiger partial charge in [0.05, 0.1) is 33.0 Å². The molecule has 4 unspecified atom stereocenters. The molecule has 60 heavy (non-hydrogen) atoms. The van der Waals surface area contributed by atoms with Gasteiger partial charge in [-0.3, -0.25) is 4.79 Å². The van der Waals surface area contributed by atoms with Crippen molar-refractivity contribution in [2.75, 3.05) is 59.2 Å². The number of nitrogens with two attached hydrogens (primary N) is 4.